The van der Waals surface area contributed by atoms with E-state index in [1.807, 2.05) is 84.9 Å². The lowest BCUT2D eigenvalue weighted by Crippen LogP contribution is -2.05. The fourth-order valence-electron chi connectivity index (χ4n) is 11.5. The SMILES string of the molecule is N#Cc1cccc(-c2c(-c3cccc(C#N)c3)c(-c3ccc4c(c3)C3CCC4C3)c(-c3ccccc3C#N)c(-c3ccccc3C#N)c2-c2ccc3c(c2)C2CCC3C2)c1. The van der Waals surface area contributed by atoms with Gasteiger partial charge in [0.15, 0.2) is 0 Å². The number of hydrogen-bond donors (Lipinski definition) is 0. The molecule has 0 aromatic heterocycles. The highest BCUT2D eigenvalue weighted by Crippen LogP contribution is 2.60. The molecule has 2 fully saturated rings. The predicted octanol–water partition coefficient (Wildman–Crippen LogP) is 13.9. The Morgan fingerprint density at radius 1 is 0.333 bits per heavy atom. The highest BCUT2D eigenvalue weighted by atomic mass is 14.4. The van der Waals surface area contributed by atoms with Crippen molar-refractivity contribution in [3.05, 3.63) is 178 Å². The first-order chi connectivity index (χ1) is 29.6. The van der Waals surface area contributed by atoms with Crippen molar-refractivity contribution in [2.24, 2.45) is 0 Å². The van der Waals surface area contributed by atoms with Crippen LogP contribution in [0.25, 0.3) is 66.8 Å². The Morgan fingerprint density at radius 2 is 0.717 bits per heavy atom. The van der Waals surface area contributed by atoms with Crippen molar-refractivity contribution < 1.29 is 0 Å². The largest absolute Gasteiger partial charge is 0.192 e. The summed E-state index contributed by atoms with van der Waals surface area (Å²) in [4.78, 5) is 0. The van der Waals surface area contributed by atoms with E-state index < -0.39 is 0 Å². The van der Waals surface area contributed by atoms with Gasteiger partial charge in [-0.25, -0.2) is 0 Å². The van der Waals surface area contributed by atoms with Crippen LogP contribution in [-0.2, 0) is 0 Å². The van der Waals surface area contributed by atoms with Crippen LogP contribution in [0.1, 0.15) is 107 Å². The zero-order valence-corrected chi connectivity index (χ0v) is 33.0. The lowest BCUT2D eigenvalue weighted by Gasteiger charge is -2.30. The summed E-state index contributed by atoms with van der Waals surface area (Å²) in [6.07, 6.45) is 7.13. The Morgan fingerprint density at radius 3 is 1.13 bits per heavy atom. The molecule has 0 heterocycles. The maximum Gasteiger partial charge on any atom is 0.0998 e. The molecule has 0 aliphatic heterocycles. The van der Waals surface area contributed by atoms with Crippen molar-refractivity contribution in [2.45, 2.75) is 62.2 Å². The summed E-state index contributed by atoms with van der Waals surface area (Å²) in [5, 5.41) is 42.6. The Bertz CT molecular complexity index is 2930. The average molecular weight is 767 g/mol. The first kappa shape index (κ1) is 35.6. The second-order valence-electron chi connectivity index (χ2n) is 17.1. The molecule has 7 aromatic carbocycles. The van der Waals surface area contributed by atoms with Crippen LogP contribution >= 0.6 is 0 Å². The third kappa shape index (κ3) is 5.46. The zero-order valence-electron chi connectivity index (χ0n) is 33.0. The molecule has 282 valence electrons. The van der Waals surface area contributed by atoms with Gasteiger partial charge in [-0.1, -0.05) is 97.1 Å². The summed E-state index contributed by atoms with van der Waals surface area (Å²) in [7, 11) is 0. The zero-order chi connectivity index (χ0) is 40.5. The van der Waals surface area contributed by atoms with Crippen molar-refractivity contribution in [1.29, 1.82) is 21.0 Å². The molecule has 4 nitrogen and oxygen atoms in total. The summed E-state index contributed by atoms with van der Waals surface area (Å²) in [6, 6.07) is 55.2. The number of rotatable bonds is 6. The number of fused-ring (bicyclic) bond motifs is 10. The normalized spacial score (nSPS) is 18.9. The Kier molecular flexibility index (Phi) is 8.38. The quantitative estimate of drug-likeness (QED) is 0.168. The molecule has 0 radical (unpaired) electrons. The van der Waals surface area contributed by atoms with Gasteiger partial charge >= 0.3 is 0 Å². The number of benzene rings is 7. The van der Waals surface area contributed by atoms with Crippen molar-refractivity contribution in [3.63, 3.8) is 0 Å². The van der Waals surface area contributed by atoms with Crippen molar-refractivity contribution in [2.75, 3.05) is 0 Å². The molecule has 4 aliphatic rings. The first-order valence-corrected chi connectivity index (χ1v) is 21.1. The maximum atomic E-state index is 10.9. The summed E-state index contributed by atoms with van der Waals surface area (Å²) < 4.78 is 0. The molecule has 7 aromatic rings. The summed E-state index contributed by atoms with van der Waals surface area (Å²) in [5.74, 6) is 2.14. The van der Waals surface area contributed by atoms with Gasteiger partial charge in [0.2, 0.25) is 0 Å². The molecule has 60 heavy (non-hydrogen) atoms. The van der Waals surface area contributed by atoms with Crippen LogP contribution in [0, 0.1) is 45.3 Å². The molecular formula is C56H38N4. The molecule has 11 rings (SSSR count). The first-order valence-electron chi connectivity index (χ1n) is 21.1. The smallest absolute Gasteiger partial charge is 0.0998 e. The Balaban J connectivity index is 1.42. The molecule has 0 amide bonds. The second kappa shape index (κ2) is 14.1. The third-order valence-electron chi connectivity index (χ3n) is 14.1. The summed E-state index contributed by atoms with van der Waals surface area (Å²) in [6.45, 7) is 0. The van der Waals surface area contributed by atoms with E-state index in [1.54, 1.807) is 0 Å². The van der Waals surface area contributed by atoms with Crippen LogP contribution in [0.4, 0.5) is 0 Å². The van der Waals surface area contributed by atoms with Crippen molar-refractivity contribution in [1.82, 2.24) is 0 Å². The van der Waals surface area contributed by atoms with Crippen LogP contribution in [0.5, 0.6) is 0 Å². The van der Waals surface area contributed by atoms with Crippen LogP contribution in [0.2, 0.25) is 0 Å². The molecule has 4 heteroatoms. The van der Waals surface area contributed by atoms with Gasteiger partial charge in [0, 0.05) is 11.1 Å². The van der Waals surface area contributed by atoms with Gasteiger partial charge in [-0.2, -0.15) is 21.0 Å². The van der Waals surface area contributed by atoms with E-state index in [9.17, 15) is 21.0 Å². The average Bonchev–Trinajstić information content (AvgIpc) is 4.14. The van der Waals surface area contributed by atoms with E-state index in [2.05, 4.69) is 72.8 Å². The molecule has 2 saturated carbocycles. The van der Waals surface area contributed by atoms with Gasteiger partial charge in [-0.15, -0.1) is 0 Å². The standard InChI is InChI=1S/C56H38N4/c57-29-33-7-5-11-39(23-33)51-52(40-12-6-8-34(24-40)30-58)54(42-20-22-46-36-16-18-38(26-36)50(46)28-42)56(48-14-4-2-10-44(48)32-60)55(47-13-3-1-9-43(47)31-59)53(51)41-19-21-45-35-15-17-37(25-35)49(45)27-41/h1-14,19-24,27-28,35-38H,15-18,25-26H2. The molecule has 0 N–H and O–H groups in total. The molecule has 0 saturated heterocycles. The number of hydrogen-bond acceptors (Lipinski definition) is 4. The monoisotopic (exact) mass is 766 g/mol. The van der Waals surface area contributed by atoms with Crippen molar-refractivity contribution >= 4 is 0 Å². The lowest BCUT2D eigenvalue weighted by atomic mass is 9.72. The second-order valence-corrected chi connectivity index (χ2v) is 17.1. The predicted molar refractivity (Wildman–Crippen MR) is 237 cm³/mol. The van der Waals surface area contributed by atoms with E-state index in [4.69, 9.17) is 0 Å². The Labute approximate surface area is 350 Å². The molecular weight excluding hydrogens is 729 g/mol. The van der Waals surface area contributed by atoms with Crippen LogP contribution in [0.3, 0.4) is 0 Å². The van der Waals surface area contributed by atoms with Gasteiger partial charge in [0.1, 0.15) is 0 Å². The minimum absolute atomic E-state index is 0.497. The third-order valence-corrected chi connectivity index (χ3v) is 14.1. The molecule has 0 spiro atoms. The van der Waals surface area contributed by atoms with Crippen LogP contribution in [0.15, 0.2) is 133 Å². The molecule has 4 atom stereocenters. The Hall–Kier alpha value is -7.50. The maximum absolute atomic E-state index is 10.9. The molecule has 4 unspecified atom stereocenters. The molecule has 4 aliphatic carbocycles. The molecule has 4 bridgehead atoms. The summed E-state index contributed by atoms with van der Waals surface area (Å²) in [5.41, 5.74) is 18.5. The summed E-state index contributed by atoms with van der Waals surface area (Å²) >= 11 is 0. The highest BCUT2D eigenvalue weighted by molar-refractivity contribution is 6.16. The highest BCUT2D eigenvalue weighted by Gasteiger charge is 2.39. The minimum atomic E-state index is 0.497. The van der Waals surface area contributed by atoms with Crippen LogP contribution < -0.4 is 0 Å². The number of nitriles is 4. The topological polar surface area (TPSA) is 95.2 Å². The van der Waals surface area contributed by atoms with Gasteiger partial charge < -0.3 is 0 Å². The number of nitrogens with zero attached hydrogens (tertiary/aromatic N) is 4. The van der Waals surface area contributed by atoms with Crippen molar-refractivity contribution in [3.8, 4) is 91.0 Å². The van der Waals surface area contributed by atoms with E-state index in [-0.39, 0.29) is 0 Å². The minimum Gasteiger partial charge on any atom is -0.192 e. The van der Waals surface area contributed by atoms with E-state index in [0.717, 1.165) is 66.8 Å². The van der Waals surface area contributed by atoms with E-state index in [0.29, 0.717) is 45.9 Å². The van der Waals surface area contributed by atoms with Gasteiger partial charge in [-0.05, 0) is 176 Å². The lowest BCUT2D eigenvalue weighted by molar-refractivity contribution is 0.718. The van der Waals surface area contributed by atoms with Gasteiger partial charge in [-0.3, -0.25) is 0 Å². The fraction of sp³-hybridized carbons (Fsp3) is 0.179. The van der Waals surface area contributed by atoms with E-state index in [1.165, 1.54) is 60.8 Å². The van der Waals surface area contributed by atoms with Gasteiger partial charge in [0.05, 0.1) is 46.5 Å². The van der Waals surface area contributed by atoms with Crippen LogP contribution in [-0.4, -0.2) is 0 Å². The fourth-order valence-corrected chi connectivity index (χ4v) is 11.5. The van der Waals surface area contributed by atoms with Gasteiger partial charge in [0.25, 0.3) is 0 Å². The van der Waals surface area contributed by atoms with E-state index >= 15 is 0 Å².